The molecule has 1 aliphatic heterocycles. The molecule has 1 aliphatic carbocycles. The highest BCUT2D eigenvalue weighted by atomic mass is 16.5. The highest BCUT2D eigenvalue weighted by Gasteiger charge is 2.24. The van der Waals surface area contributed by atoms with Crippen molar-refractivity contribution in [2.75, 3.05) is 38.2 Å². The van der Waals surface area contributed by atoms with E-state index < -0.39 is 0 Å². The van der Waals surface area contributed by atoms with Crippen molar-refractivity contribution in [3.8, 4) is 5.75 Å². The Balaban J connectivity index is 1.55. The molecular weight excluding hydrogens is 312 g/mol. The Morgan fingerprint density at radius 1 is 1.24 bits per heavy atom. The van der Waals surface area contributed by atoms with Gasteiger partial charge in [-0.3, -0.25) is 4.99 Å². The Morgan fingerprint density at radius 3 is 2.80 bits per heavy atom. The molecule has 1 unspecified atom stereocenters. The number of rotatable bonds is 6. The molecule has 0 aromatic heterocycles. The van der Waals surface area contributed by atoms with Crippen molar-refractivity contribution in [3.63, 3.8) is 0 Å². The Morgan fingerprint density at radius 2 is 2.04 bits per heavy atom. The number of guanidine groups is 1. The molecule has 1 aromatic carbocycles. The van der Waals surface area contributed by atoms with Gasteiger partial charge in [0, 0.05) is 32.2 Å². The zero-order valence-electron chi connectivity index (χ0n) is 15.6. The number of anilines is 1. The largest absolute Gasteiger partial charge is 0.495 e. The zero-order valence-corrected chi connectivity index (χ0v) is 15.6. The van der Waals surface area contributed by atoms with Crippen molar-refractivity contribution in [1.82, 2.24) is 10.6 Å². The van der Waals surface area contributed by atoms with Crippen molar-refractivity contribution in [3.05, 3.63) is 24.3 Å². The second-order valence-corrected chi connectivity index (χ2v) is 7.12. The van der Waals surface area contributed by atoms with Crippen LogP contribution in [0.5, 0.6) is 5.75 Å². The molecular formula is C20H32N4O. The Kier molecular flexibility index (Phi) is 6.42. The van der Waals surface area contributed by atoms with Crippen molar-refractivity contribution >= 4 is 11.6 Å². The number of ether oxygens (including phenoxy) is 1. The third-order valence-electron chi connectivity index (χ3n) is 5.26. The molecule has 5 nitrogen and oxygen atoms in total. The van der Waals surface area contributed by atoms with E-state index in [-0.39, 0.29) is 0 Å². The molecule has 1 heterocycles. The maximum Gasteiger partial charge on any atom is 0.191 e. The van der Waals surface area contributed by atoms with Crippen LogP contribution in [-0.2, 0) is 0 Å². The lowest BCUT2D eigenvalue weighted by Gasteiger charge is -2.21. The predicted molar refractivity (Wildman–Crippen MR) is 105 cm³/mol. The summed E-state index contributed by atoms with van der Waals surface area (Å²) in [6, 6.07) is 8.90. The van der Waals surface area contributed by atoms with Gasteiger partial charge in [0.1, 0.15) is 5.75 Å². The number of nitrogens with zero attached hydrogens (tertiary/aromatic N) is 2. The molecule has 2 N–H and O–H groups in total. The summed E-state index contributed by atoms with van der Waals surface area (Å²) in [5.41, 5.74) is 1.20. The smallest absolute Gasteiger partial charge is 0.191 e. The summed E-state index contributed by atoms with van der Waals surface area (Å²) in [6.07, 6.45) is 6.41. The lowest BCUT2D eigenvalue weighted by atomic mass is 10.1. The van der Waals surface area contributed by atoms with E-state index in [9.17, 15) is 0 Å². The zero-order chi connectivity index (χ0) is 17.5. The van der Waals surface area contributed by atoms with Crippen molar-refractivity contribution in [2.45, 2.75) is 45.1 Å². The summed E-state index contributed by atoms with van der Waals surface area (Å²) in [5.74, 6) is 2.55. The first-order valence-electron chi connectivity index (χ1n) is 9.73. The Hall–Kier alpha value is -1.91. The van der Waals surface area contributed by atoms with Gasteiger partial charge < -0.3 is 20.3 Å². The van der Waals surface area contributed by atoms with Gasteiger partial charge in [-0.1, -0.05) is 25.0 Å². The average Bonchev–Trinajstić information content (AvgIpc) is 3.31. The highest BCUT2D eigenvalue weighted by molar-refractivity contribution is 5.80. The van der Waals surface area contributed by atoms with E-state index in [1.54, 1.807) is 7.11 Å². The van der Waals surface area contributed by atoms with Crippen molar-refractivity contribution in [2.24, 2.45) is 10.9 Å². The van der Waals surface area contributed by atoms with Gasteiger partial charge in [-0.25, -0.2) is 0 Å². The van der Waals surface area contributed by atoms with Gasteiger partial charge in [-0.2, -0.15) is 0 Å². The summed E-state index contributed by atoms with van der Waals surface area (Å²) >= 11 is 0. The third-order valence-corrected chi connectivity index (χ3v) is 5.26. The lowest BCUT2D eigenvalue weighted by molar-refractivity contribution is 0.414. The quantitative estimate of drug-likeness (QED) is 0.615. The van der Waals surface area contributed by atoms with Crippen molar-refractivity contribution < 1.29 is 4.74 Å². The first-order valence-corrected chi connectivity index (χ1v) is 9.73. The molecule has 1 saturated heterocycles. The third kappa shape index (κ3) is 4.80. The van der Waals surface area contributed by atoms with E-state index in [2.05, 4.69) is 34.6 Å². The Bertz CT molecular complexity index is 569. The number of benzene rings is 1. The van der Waals surface area contributed by atoms with Crippen molar-refractivity contribution in [1.29, 1.82) is 0 Å². The van der Waals surface area contributed by atoms with Gasteiger partial charge in [0.15, 0.2) is 5.96 Å². The summed E-state index contributed by atoms with van der Waals surface area (Å²) < 4.78 is 5.51. The van der Waals surface area contributed by atoms with Gasteiger partial charge in [0.2, 0.25) is 0 Å². The predicted octanol–water partition coefficient (Wildman–Crippen LogP) is 3.02. The number of methoxy groups -OCH3 is 1. The van der Waals surface area contributed by atoms with Crippen LogP contribution in [0.3, 0.4) is 0 Å². The molecule has 3 rings (SSSR count). The number of aliphatic imine (C=N–C) groups is 1. The second kappa shape index (κ2) is 8.97. The van der Waals surface area contributed by atoms with Crippen LogP contribution >= 0.6 is 0 Å². The summed E-state index contributed by atoms with van der Waals surface area (Å²) in [7, 11) is 1.74. The van der Waals surface area contributed by atoms with E-state index in [1.165, 1.54) is 37.8 Å². The van der Waals surface area contributed by atoms with Crippen LogP contribution in [-0.4, -0.2) is 45.3 Å². The van der Waals surface area contributed by atoms with E-state index >= 15 is 0 Å². The minimum absolute atomic E-state index is 0.601. The molecule has 1 saturated carbocycles. The monoisotopic (exact) mass is 344 g/mol. The fraction of sp³-hybridized carbons (Fsp3) is 0.650. The number of hydrogen-bond acceptors (Lipinski definition) is 3. The summed E-state index contributed by atoms with van der Waals surface area (Å²) in [4.78, 5) is 7.29. The lowest BCUT2D eigenvalue weighted by Crippen LogP contribution is -2.42. The SMILES string of the molecule is CCNC(=NCC1CCN(c2ccccc2OC)C1)NC1CCCC1. The fourth-order valence-corrected chi connectivity index (χ4v) is 3.90. The normalized spacial score (nSPS) is 21.6. The van der Waals surface area contributed by atoms with Crippen LogP contribution in [0.25, 0.3) is 0 Å². The van der Waals surface area contributed by atoms with Gasteiger partial charge >= 0.3 is 0 Å². The number of hydrogen-bond donors (Lipinski definition) is 2. The molecule has 1 aromatic rings. The van der Waals surface area contributed by atoms with Gasteiger partial charge in [0.25, 0.3) is 0 Å². The molecule has 0 radical (unpaired) electrons. The van der Waals surface area contributed by atoms with Crippen LogP contribution in [0, 0.1) is 5.92 Å². The average molecular weight is 345 g/mol. The van der Waals surface area contributed by atoms with E-state index in [4.69, 9.17) is 9.73 Å². The molecule has 2 aliphatic rings. The fourth-order valence-electron chi connectivity index (χ4n) is 3.90. The van der Waals surface area contributed by atoms with E-state index in [0.717, 1.165) is 37.9 Å². The van der Waals surface area contributed by atoms with Crippen LogP contribution < -0.4 is 20.3 Å². The second-order valence-electron chi connectivity index (χ2n) is 7.12. The summed E-state index contributed by atoms with van der Waals surface area (Å²) in [6.45, 7) is 6.05. The standard InChI is InChI=1S/C20H32N4O/c1-3-21-20(23-17-8-4-5-9-17)22-14-16-12-13-24(15-16)18-10-6-7-11-19(18)25-2/h6-7,10-11,16-17H,3-5,8-9,12-15H2,1-2H3,(H2,21,22,23). The molecule has 0 amide bonds. The van der Waals surface area contributed by atoms with Gasteiger partial charge in [-0.15, -0.1) is 0 Å². The highest BCUT2D eigenvalue weighted by Crippen LogP contribution is 2.32. The molecule has 25 heavy (non-hydrogen) atoms. The van der Waals surface area contributed by atoms with E-state index in [1.807, 2.05) is 12.1 Å². The van der Waals surface area contributed by atoms with Crippen LogP contribution in [0.1, 0.15) is 39.0 Å². The van der Waals surface area contributed by atoms with Crippen LogP contribution in [0.15, 0.2) is 29.3 Å². The van der Waals surface area contributed by atoms with Gasteiger partial charge in [0.05, 0.1) is 12.8 Å². The molecule has 138 valence electrons. The maximum atomic E-state index is 5.51. The first-order chi connectivity index (χ1) is 12.3. The number of nitrogens with one attached hydrogen (secondary N) is 2. The van der Waals surface area contributed by atoms with Crippen LogP contribution in [0.2, 0.25) is 0 Å². The maximum absolute atomic E-state index is 5.51. The molecule has 5 heteroatoms. The first kappa shape index (κ1) is 17.9. The molecule has 0 bridgehead atoms. The van der Waals surface area contributed by atoms with E-state index in [0.29, 0.717) is 12.0 Å². The molecule has 2 fully saturated rings. The summed E-state index contributed by atoms with van der Waals surface area (Å²) in [5, 5.41) is 7.01. The molecule has 0 spiro atoms. The minimum atomic E-state index is 0.601. The minimum Gasteiger partial charge on any atom is -0.495 e. The molecule has 1 atom stereocenters. The number of para-hydroxylation sites is 2. The topological polar surface area (TPSA) is 48.9 Å². The van der Waals surface area contributed by atoms with Crippen LogP contribution in [0.4, 0.5) is 5.69 Å². The Labute approximate surface area is 151 Å². The van der Waals surface area contributed by atoms with Gasteiger partial charge in [-0.05, 0) is 44.2 Å².